The summed E-state index contributed by atoms with van der Waals surface area (Å²) >= 11 is 1.85. The smallest absolute Gasteiger partial charge is 0.138 e. The zero-order valence-electron chi connectivity index (χ0n) is 10.8. The van der Waals surface area contributed by atoms with Gasteiger partial charge in [0.25, 0.3) is 0 Å². The number of nitrogens with zero attached hydrogens (tertiary/aromatic N) is 1. The molecule has 0 fully saturated rings. The Morgan fingerprint density at radius 1 is 1.24 bits per heavy atom. The Balaban J connectivity index is 1.94. The monoisotopic (exact) mass is 250 g/mol. The third kappa shape index (κ3) is 2.76. The Morgan fingerprint density at radius 2 is 2.00 bits per heavy atom. The van der Waals surface area contributed by atoms with Gasteiger partial charge in [-0.2, -0.15) is 0 Å². The van der Waals surface area contributed by atoms with E-state index in [0.717, 1.165) is 24.5 Å². The first-order valence-electron chi connectivity index (χ1n) is 5.76. The molecule has 17 heavy (non-hydrogen) atoms. The van der Waals surface area contributed by atoms with E-state index in [1.54, 1.807) is 0 Å². The zero-order chi connectivity index (χ0) is 12.4. The van der Waals surface area contributed by atoms with Gasteiger partial charge in [-0.05, 0) is 39.3 Å². The van der Waals surface area contributed by atoms with Crippen LogP contribution in [0, 0.1) is 27.7 Å². The lowest BCUT2D eigenvalue weighted by molar-refractivity contribution is 0.392. The highest BCUT2D eigenvalue weighted by molar-refractivity contribution is 7.12. The molecule has 2 aromatic heterocycles. The molecule has 2 rings (SSSR count). The topological polar surface area (TPSA) is 38.1 Å². The third-order valence-corrected chi connectivity index (χ3v) is 3.95. The van der Waals surface area contributed by atoms with E-state index in [2.05, 4.69) is 30.4 Å². The van der Waals surface area contributed by atoms with Crippen molar-refractivity contribution in [3.63, 3.8) is 0 Å². The van der Waals surface area contributed by atoms with Crippen molar-refractivity contribution in [3.8, 4) is 0 Å². The number of aryl methyl sites for hydroxylation is 4. The maximum Gasteiger partial charge on any atom is 0.138 e. The number of rotatable bonds is 4. The lowest BCUT2D eigenvalue weighted by atomic mass is 10.2. The summed E-state index contributed by atoms with van der Waals surface area (Å²) in [5, 5.41) is 7.40. The van der Waals surface area contributed by atoms with E-state index in [1.165, 1.54) is 20.9 Å². The van der Waals surface area contributed by atoms with Gasteiger partial charge in [-0.15, -0.1) is 11.3 Å². The Bertz CT molecular complexity index is 494. The van der Waals surface area contributed by atoms with Gasteiger partial charge in [0.2, 0.25) is 0 Å². The molecule has 2 aromatic rings. The number of nitrogens with one attached hydrogen (secondary N) is 1. The molecule has 0 saturated carbocycles. The van der Waals surface area contributed by atoms with E-state index in [4.69, 9.17) is 4.52 Å². The molecule has 92 valence electrons. The largest absolute Gasteiger partial charge is 0.361 e. The maximum atomic E-state index is 5.14. The molecule has 0 bridgehead atoms. The van der Waals surface area contributed by atoms with Crippen molar-refractivity contribution in [1.29, 1.82) is 0 Å². The van der Waals surface area contributed by atoms with Crippen molar-refractivity contribution in [3.05, 3.63) is 38.4 Å². The first-order chi connectivity index (χ1) is 8.08. The van der Waals surface area contributed by atoms with Gasteiger partial charge in [-0.25, -0.2) is 0 Å². The van der Waals surface area contributed by atoms with Crippen LogP contribution in [-0.2, 0) is 13.1 Å². The summed E-state index contributed by atoms with van der Waals surface area (Å²) in [6, 6.07) is 2.25. The van der Waals surface area contributed by atoms with Gasteiger partial charge < -0.3 is 9.84 Å². The van der Waals surface area contributed by atoms with Gasteiger partial charge in [0.1, 0.15) is 5.76 Å². The van der Waals surface area contributed by atoms with Crippen molar-refractivity contribution in [2.45, 2.75) is 40.8 Å². The number of hydrogen-bond acceptors (Lipinski definition) is 4. The molecule has 0 unspecified atom stereocenters. The fourth-order valence-electron chi connectivity index (χ4n) is 1.94. The molecule has 1 N–H and O–H groups in total. The molecule has 0 aliphatic heterocycles. The van der Waals surface area contributed by atoms with Crippen LogP contribution in [0.3, 0.4) is 0 Å². The average Bonchev–Trinajstić information content (AvgIpc) is 2.74. The van der Waals surface area contributed by atoms with Crippen molar-refractivity contribution in [2.24, 2.45) is 0 Å². The summed E-state index contributed by atoms with van der Waals surface area (Å²) in [6.07, 6.45) is 0. The molecule has 0 radical (unpaired) electrons. The third-order valence-electron chi connectivity index (χ3n) is 2.94. The Hall–Kier alpha value is -1.13. The minimum Gasteiger partial charge on any atom is -0.361 e. The quantitative estimate of drug-likeness (QED) is 0.905. The normalized spacial score (nSPS) is 11.1. The summed E-state index contributed by atoms with van der Waals surface area (Å²) < 4.78 is 5.14. The Kier molecular flexibility index (Phi) is 3.64. The van der Waals surface area contributed by atoms with Crippen LogP contribution >= 0.6 is 11.3 Å². The van der Waals surface area contributed by atoms with E-state index in [9.17, 15) is 0 Å². The summed E-state index contributed by atoms with van der Waals surface area (Å²) in [4.78, 5) is 2.77. The molecule has 0 spiro atoms. The molecule has 4 heteroatoms. The predicted octanol–water partition coefficient (Wildman–Crippen LogP) is 3.26. The highest BCUT2D eigenvalue weighted by Gasteiger charge is 2.08. The summed E-state index contributed by atoms with van der Waals surface area (Å²) in [5.41, 5.74) is 3.54. The van der Waals surface area contributed by atoms with E-state index >= 15 is 0 Å². The van der Waals surface area contributed by atoms with E-state index < -0.39 is 0 Å². The predicted molar refractivity (Wildman–Crippen MR) is 70.3 cm³/mol. The van der Waals surface area contributed by atoms with Crippen LogP contribution in [0.15, 0.2) is 10.6 Å². The molecule has 2 heterocycles. The van der Waals surface area contributed by atoms with Crippen LogP contribution in [0.2, 0.25) is 0 Å². The molecular weight excluding hydrogens is 232 g/mol. The van der Waals surface area contributed by atoms with E-state index in [1.807, 2.05) is 25.2 Å². The molecular formula is C13H18N2OS. The molecule has 0 aliphatic rings. The highest BCUT2D eigenvalue weighted by atomic mass is 32.1. The first-order valence-corrected chi connectivity index (χ1v) is 6.58. The summed E-state index contributed by atoms with van der Waals surface area (Å²) in [6.45, 7) is 9.97. The SMILES string of the molecule is Cc1cc(CNCc2c(C)noc2C)c(C)s1. The number of aromatic nitrogens is 1. The lowest BCUT2D eigenvalue weighted by Crippen LogP contribution is -2.13. The molecule has 0 aromatic carbocycles. The van der Waals surface area contributed by atoms with E-state index in [-0.39, 0.29) is 0 Å². The van der Waals surface area contributed by atoms with Crippen molar-refractivity contribution < 1.29 is 4.52 Å². The molecule has 0 saturated heterocycles. The Labute approximate surface area is 106 Å². The Morgan fingerprint density at radius 3 is 2.53 bits per heavy atom. The molecule has 0 aliphatic carbocycles. The minimum atomic E-state index is 0.815. The van der Waals surface area contributed by atoms with Gasteiger partial charge in [-0.1, -0.05) is 5.16 Å². The average molecular weight is 250 g/mol. The second-order valence-corrected chi connectivity index (χ2v) is 5.81. The van der Waals surface area contributed by atoms with Gasteiger partial charge in [0, 0.05) is 28.4 Å². The van der Waals surface area contributed by atoms with Gasteiger partial charge in [0.05, 0.1) is 5.69 Å². The van der Waals surface area contributed by atoms with Gasteiger partial charge in [0.15, 0.2) is 0 Å². The second kappa shape index (κ2) is 5.02. The van der Waals surface area contributed by atoms with E-state index in [0.29, 0.717) is 0 Å². The minimum absolute atomic E-state index is 0.815. The van der Waals surface area contributed by atoms with Gasteiger partial charge in [-0.3, -0.25) is 0 Å². The lowest BCUT2D eigenvalue weighted by Gasteiger charge is -2.03. The molecule has 3 nitrogen and oxygen atoms in total. The second-order valence-electron chi connectivity index (χ2n) is 4.34. The zero-order valence-corrected chi connectivity index (χ0v) is 11.6. The summed E-state index contributed by atoms with van der Waals surface area (Å²) in [7, 11) is 0. The maximum absolute atomic E-state index is 5.14. The van der Waals surface area contributed by atoms with Crippen LogP contribution in [-0.4, -0.2) is 5.16 Å². The number of thiophene rings is 1. The van der Waals surface area contributed by atoms with Gasteiger partial charge >= 0.3 is 0 Å². The molecule has 0 atom stereocenters. The van der Waals surface area contributed by atoms with Crippen LogP contribution in [0.1, 0.15) is 32.3 Å². The fourth-order valence-corrected chi connectivity index (χ4v) is 2.88. The fraction of sp³-hybridized carbons (Fsp3) is 0.462. The van der Waals surface area contributed by atoms with Crippen LogP contribution in [0.5, 0.6) is 0 Å². The summed E-state index contributed by atoms with van der Waals surface area (Å²) in [5.74, 6) is 0.910. The standard InChI is InChI=1S/C13H18N2OS/c1-8-5-12(11(4)17-8)6-14-7-13-9(2)15-16-10(13)3/h5,14H,6-7H2,1-4H3. The first kappa shape index (κ1) is 12.3. The van der Waals surface area contributed by atoms with Crippen LogP contribution in [0.25, 0.3) is 0 Å². The highest BCUT2D eigenvalue weighted by Crippen LogP contribution is 2.20. The molecule has 0 amide bonds. The number of hydrogen-bond donors (Lipinski definition) is 1. The van der Waals surface area contributed by atoms with Crippen LogP contribution < -0.4 is 5.32 Å². The van der Waals surface area contributed by atoms with Crippen molar-refractivity contribution in [2.75, 3.05) is 0 Å². The van der Waals surface area contributed by atoms with Crippen molar-refractivity contribution in [1.82, 2.24) is 10.5 Å². The van der Waals surface area contributed by atoms with Crippen molar-refractivity contribution >= 4 is 11.3 Å². The van der Waals surface area contributed by atoms with Crippen LogP contribution in [0.4, 0.5) is 0 Å².